The lowest BCUT2D eigenvalue weighted by Crippen LogP contribution is -2.02. The minimum atomic E-state index is -1.01. The van der Waals surface area contributed by atoms with Crippen LogP contribution >= 0.6 is 0 Å². The quantitative estimate of drug-likeness (QED) is 0.505. The first-order chi connectivity index (χ1) is 8.99. The van der Waals surface area contributed by atoms with Crippen molar-refractivity contribution in [1.29, 1.82) is 0 Å². The second-order valence-corrected chi connectivity index (χ2v) is 4.03. The SMILES string of the molecule is Nc1cc(C(O)c2ccc([N+](=O)[O-])cc2)ccc1F. The second kappa shape index (κ2) is 5.03. The number of hydrogen-bond acceptors (Lipinski definition) is 4. The summed E-state index contributed by atoms with van der Waals surface area (Å²) in [6.45, 7) is 0. The predicted octanol–water partition coefficient (Wildman–Crippen LogP) is 2.40. The molecule has 0 saturated heterocycles. The first kappa shape index (κ1) is 13.0. The molecule has 0 aliphatic carbocycles. The molecule has 2 rings (SSSR count). The van der Waals surface area contributed by atoms with Gasteiger partial charge in [-0.25, -0.2) is 4.39 Å². The Morgan fingerprint density at radius 2 is 1.74 bits per heavy atom. The van der Waals surface area contributed by atoms with Crippen molar-refractivity contribution in [2.45, 2.75) is 6.10 Å². The summed E-state index contributed by atoms with van der Waals surface area (Å²) in [5, 5.41) is 20.6. The highest BCUT2D eigenvalue weighted by Crippen LogP contribution is 2.26. The van der Waals surface area contributed by atoms with E-state index in [1.165, 1.54) is 42.5 Å². The molecule has 6 heteroatoms. The third-order valence-electron chi connectivity index (χ3n) is 2.76. The molecular formula is C13H11FN2O3. The van der Waals surface area contributed by atoms with Crippen LogP contribution in [0.5, 0.6) is 0 Å². The van der Waals surface area contributed by atoms with Crippen LogP contribution in [0.3, 0.4) is 0 Å². The van der Waals surface area contributed by atoms with Crippen molar-refractivity contribution in [1.82, 2.24) is 0 Å². The van der Waals surface area contributed by atoms with Crippen molar-refractivity contribution in [3.8, 4) is 0 Å². The number of nitrogen functional groups attached to an aromatic ring is 1. The Bertz CT molecular complexity index is 614. The van der Waals surface area contributed by atoms with Crippen LogP contribution in [0.25, 0.3) is 0 Å². The molecule has 19 heavy (non-hydrogen) atoms. The Kier molecular flexibility index (Phi) is 3.43. The molecule has 0 heterocycles. The fraction of sp³-hybridized carbons (Fsp3) is 0.0769. The van der Waals surface area contributed by atoms with Gasteiger partial charge in [-0.05, 0) is 35.4 Å². The largest absolute Gasteiger partial charge is 0.396 e. The van der Waals surface area contributed by atoms with Crippen LogP contribution in [0.1, 0.15) is 17.2 Å². The zero-order valence-electron chi connectivity index (χ0n) is 9.79. The number of aliphatic hydroxyl groups is 1. The molecule has 0 saturated carbocycles. The molecule has 1 unspecified atom stereocenters. The van der Waals surface area contributed by atoms with Crippen LogP contribution in [-0.2, 0) is 0 Å². The molecule has 0 amide bonds. The standard InChI is InChI=1S/C13H11FN2O3/c14-11-6-3-9(7-12(11)15)13(17)8-1-4-10(5-2-8)16(18)19/h1-7,13,17H,15H2. The molecule has 98 valence electrons. The van der Waals surface area contributed by atoms with E-state index in [1.807, 2.05) is 0 Å². The van der Waals surface area contributed by atoms with Crippen molar-refractivity contribution >= 4 is 11.4 Å². The average Bonchev–Trinajstić information content (AvgIpc) is 2.41. The number of nitro benzene ring substituents is 1. The molecular weight excluding hydrogens is 251 g/mol. The molecule has 0 fully saturated rings. The number of rotatable bonds is 3. The maximum Gasteiger partial charge on any atom is 0.269 e. The molecule has 1 atom stereocenters. The minimum Gasteiger partial charge on any atom is -0.396 e. The van der Waals surface area contributed by atoms with Crippen molar-refractivity contribution in [2.75, 3.05) is 5.73 Å². The summed E-state index contributed by atoms with van der Waals surface area (Å²) in [4.78, 5) is 10.00. The molecule has 0 aliphatic rings. The number of benzene rings is 2. The Hall–Kier alpha value is -2.47. The van der Waals surface area contributed by atoms with Gasteiger partial charge in [0.05, 0.1) is 10.6 Å². The number of nitro groups is 1. The highest BCUT2D eigenvalue weighted by Gasteiger charge is 2.13. The van der Waals surface area contributed by atoms with E-state index in [0.29, 0.717) is 11.1 Å². The summed E-state index contributed by atoms with van der Waals surface area (Å²) in [7, 11) is 0. The van der Waals surface area contributed by atoms with Crippen LogP contribution in [0.2, 0.25) is 0 Å². The summed E-state index contributed by atoms with van der Waals surface area (Å²) in [6.07, 6.45) is -1.01. The van der Waals surface area contributed by atoms with E-state index >= 15 is 0 Å². The molecule has 5 nitrogen and oxygen atoms in total. The fourth-order valence-corrected chi connectivity index (χ4v) is 1.70. The Labute approximate surface area is 108 Å². The summed E-state index contributed by atoms with van der Waals surface area (Å²) in [5.41, 5.74) is 6.20. The lowest BCUT2D eigenvalue weighted by atomic mass is 10.0. The van der Waals surface area contributed by atoms with E-state index in [9.17, 15) is 19.6 Å². The molecule has 0 radical (unpaired) electrons. The summed E-state index contributed by atoms with van der Waals surface area (Å²) < 4.78 is 13.0. The Morgan fingerprint density at radius 1 is 1.16 bits per heavy atom. The lowest BCUT2D eigenvalue weighted by molar-refractivity contribution is -0.384. The summed E-state index contributed by atoms with van der Waals surface area (Å²) >= 11 is 0. The van der Waals surface area contributed by atoms with Gasteiger partial charge in [0, 0.05) is 12.1 Å². The maximum absolute atomic E-state index is 13.0. The van der Waals surface area contributed by atoms with Crippen LogP contribution in [0.15, 0.2) is 42.5 Å². The van der Waals surface area contributed by atoms with Crippen molar-refractivity contribution < 1.29 is 14.4 Å². The number of non-ortho nitro benzene ring substituents is 1. The zero-order chi connectivity index (χ0) is 14.0. The van der Waals surface area contributed by atoms with Gasteiger partial charge in [-0.15, -0.1) is 0 Å². The van der Waals surface area contributed by atoms with Gasteiger partial charge in [0.2, 0.25) is 0 Å². The Morgan fingerprint density at radius 3 is 2.26 bits per heavy atom. The topological polar surface area (TPSA) is 89.4 Å². The van der Waals surface area contributed by atoms with E-state index in [4.69, 9.17) is 5.73 Å². The van der Waals surface area contributed by atoms with E-state index in [-0.39, 0.29) is 11.4 Å². The lowest BCUT2D eigenvalue weighted by Gasteiger charge is -2.12. The maximum atomic E-state index is 13.0. The Balaban J connectivity index is 2.30. The molecule has 0 spiro atoms. The third kappa shape index (κ3) is 2.69. The van der Waals surface area contributed by atoms with Crippen LogP contribution < -0.4 is 5.73 Å². The van der Waals surface area contributed by atoms with Crippen LogP contribution in [0.4, 0.5) is 15.8 Å². The van der Waals surface area contributed by atoms with E-state index < -0.39 is 16.8 Å². The zero-order valence-corrected chi connectivity index (χ0v) is 9.79. The number of aliphatic hydroxyl groups excluding tert-OH is 1. The van der Waals surface area contributed by atoms with Gasteiger partial charge >= 0.3 is 0 Å². The van der Waals surface area contributed by atoms with Crippen LogP contribution in [0, 0.1) is 15.9 Å². The van der Waals surface area contributed by atoms with Gasteiger partial charge in [0.25, 0.3) is 5.69 Å². The number of anilines is 1. The van der Waals surface area contributed by atoms with Gasteiger partial charge in [0.1, 0.15) is 11.9 Å². The highest BCUT2D eigenvalue weighted by atomic mass is 19.1. The van der Waals surface area contributed by atoms with E-state index in [2.05, 4.69) is 0 Å². The first-order valence-electron chi connectivity index (χ1n) is 5.46. The molecule has 3 N–H and O–H groups in total. The van der Waals surface area contributed by atoms with Crippen molar-refractivity contribution in [2.24, 2.45) is 0 Å². The van der Waals surface area contributed by atoms with Crippen LogP contribution in [-0.4, -0.2) is 10.0 Å². The number of nitrogens with two attached hydrogens (primary N) is 1. The highest BCUT2D eigenvalue weighted by molar-refractivity contribution is 5.45. The molecule has 2 aromatic carbocycles. The van der Waals surface area contributed by atoms with E-state index in [1.54, 1.807) is 0 Å². The fourth-order valence-electron chi connectivity index (χ4n) is 1.70. The van der Waals surface area contributed by atoms with Gasteiger partial charge in [-0.1, -0.05) is 6.07 Å². The van der Waals surface area contributed by atoms with Crippen molar-refractivity contribution in [3.05, 3.63) is 69.5 Å². The number of nitrogens with zero attached hydrogens (tertiary/aromatic N) is 1. The molecule has 0 aliphatic heterocycles. The normalized spacial score (nSPS) is 12.1. The minimum absolute atomic E-state index is 0.0570. The monoisotopic (exact) mass is 262 g/mol. The van der Waals surface area contributed by atoms with Crippen molar-refractivity contribution in [3.63, 3.8) is 0 Å². The van der Waals surface area contributed by atoms with E-state index in [0.717, 1.165) is 0 Å². The van der Waals surface area contributed by atoms with Gasteiger partial charge in [-0.3, -0.25) is 10.1 Å². The molecule has 0 aromatic heterocycles. The third-order valence-corrected chi connectivity index (χ3v) is 2.76. The van der Waals surface area contributed by atoms with Gasteiger partial charge in [0.15, 0.2) is 0 Å². The number of hydrogen-bond donors (Lipinski definition) is 2. The smallest absolute Gasteiger partial charge is 0.269 e. The second-order valence-electron chi connectivity index (χ2n) is 4.03. The first-order valence-corrected chi connectivity index (χ1v) is 5.46. The predicted molar refractivity (Wildman–Crippen MR) is 68.0 cm³/mol. The molecule has 0 bridgehead atoms. The van der Waals surface area contributed by atoms with Gasteiger partial charge < -0.3 is 10.8 Å². The summed E-state index contributed by atoms with van der Waals surface area (Å²) in [5.74, 6) is -0.556. The average molecular weight is 262 g/mol. The molecule has 2 aromatic rings. The summed E-state index contributed by atoms with van der Waals surface area (Å²) in [6, 6.07) is 9.40. The number of halogens is 1. The van der Waals surface area contributed by atoms with Gasteiger partial charge in [-0.2, -0.15) is 0 Å².